The molecule has 0 aromatic heterocycles. The molecule has 2 nitrogen and oxygen atoms in total. The van der Waals surface area contributed by atoms with Gasteiger partial charge in [-0.05, 0) is 12.8 Å². The Bertz CT molecular complexity index is 383. The Balaban J connectivity index is 1.93. The van der Waals surface area contributed by atoms with Crippen molar-refractivity contribution in [1.29, 1.82) is 0 Å². The number of alkyl halides is 2. The molecular formula is C15H21F2NO. The maximum Gasteiger partial charge on any atom is 0.285 e. The number of halogens is 2. The summed E-state index contributed by atoms with van der Waals surface area (Å²) in [4.78, 5) is 0. The van der Waals surface area contributed by atoms with E-state index in [1.54, 1.807) is 18.2 Å². The lowest BCUT2D eigenvalue weighted by molar-refractivity contribution is -0.0117. The van der Waals surface area contributed by atoms with Crippen LogP contribution in [0.3, 0.4) is 0 Å². The summed E-state index contributed by atoms with van der Waals surface area (Å²) in [7, 11) is 0. The van der Waals surface area contributed by atoms with Gasteiger partial charge in [0.25, 0.3) is 5.92 Å². The standard InChI is InChI=1S/C15H21F2NO/c16-15(17,12-7-3-1-4-8-12)11-18-13-9-5-2-6-10-14(13)19/h1,3-4,7-8,13-14,18-19H,2,5-6,9-11H2. The third-order valence-corrected chi connectivity index (χ3v) is 3.76. The number of hydrogen-bond acceptors (Lipinski definition) is 2. The molecule has 0 spiro atoms. The fraction of sp³-hybridized carbons (Fsp3) is 0.600. The minimum Gasteiger partial charge on any atom is -0.392 e. The topological polar surface area (TPSA) is 32.3 Å². The van der Waals surface area contributed by atoms with Gasteiger partial charge in [-0.15, -0.1) is 0 Å². The van der Waals surface area contributed by atoms with Gasteiger partial charge in [-0.1, -0.05) is 49.6 Å². The van der Waals surface area contributed by atoms with Crippen LogP contribution in [0.25, 0.3) is 0 Å². The number of aliphatic hydroxyl groups is 1. The van der Waals surface area contributed by atoms with Crippen molar-refractivity contribution in [3.63, 3.8) is 0 Å². The van der Waals surface area contributed by atoms with Gasteiger partial charge in [0.05, 0.1) is 12.6 Å². The van der Waals surface area contributed by atoms with Crippen LogP contribution in [0.4, 0.5) is 8.78 Å². The molecule has 1 aromatic rings. The molecule has 1 aromatic carbocycles. The minimum absolute atomic E-state index is 0.0191. The lowest BCUT2D eigenvalue weighted by Crippen LogP contribution is -2.44. The Morgan fingerprint density at radius 2 is 1.79 bits per heavy atom. The molecular weight excluding hydrogens is 248 g/mol. The number of aliphatic hydroxyl groups excluding tert-OH is 1. The second kappa shape index (κ2) is 6.44. The summed E-state index contributed by atoms with van der Waals surface area (Å²) in [6.07, 6.45) is 4.01. The molecule has 1 aliphatic carbocycles. The van der Waals surface area contributed by atoms with E-state index in [1.165, 1.54) is 12.1 Å². The normalized spacial score (nSPS) is 25.0. The molecule has 1 aliphatic rings. The van der Waals surface area contributed by atoms with E-state index in [9.17, 15) is 13.9 Å². The molecule has 1 fully saturated rings. The molecule has 1 saturated carbocycles. The maximum absolute atomic E-state index is 14.0. The van der Waals surface area contributed by atoms with Crippen LogP contribution in [0.1, 0.15) is 37.7 Å². The lowest BCUT2D eigenvalue weighted by atomic mass is 10.0. The molecule has 0 aliphatic heterocycles. The van der Waals surface area contributed by atoms with E-state index in [0.717, 1.165) is 25.7 Å². The molecule has 0 bridgehead atoms. The van der Waals surface area contributed by atoms with Crippen LogP contribution in [0.2, 0.25) is 0 Å². The molecule has 106 valence electrons. The van der Waals surface area contributed by atoms with E-state index in [2.05, 4.69) is 5.32 Å². The molecule has 0 heterocycles. The number of benzene rings is 1. The molecule has 2 atom stereocenters. The second-order valence-corrected chi connectivity index (χ2v) is 5.26. The number of nitrogens with one attached hydrogen (secondary N) is 1. The monoisotopic (exact) mass is 269 g/mol. The summed E-state index contributed by atoms with van der Waals surface area (Å²) in [5.41, 5.74) is 0.0191. The van der Waals surface area contributed by atoms with Gasteiger partial charge in [0.2, 0.25) is 0 Å². The van der Waals surface area contributed by atoms with Gasteiger partial charge in [-0.2, -0.15) is 8.78 Å². The third-order valence-electron chi connectivity index (χ3n) is 3.76. The van der Waals surface area contributed by atoms with E-state index in [0.29, 0.717) is 6.42 Å². The van der Waals surface area contributed by atoms with Crippen LogP contribution < -0.4 is 5.32 Å². The maximum atomic E-state index is 14.0. The molecule has 0 radical (unpaired) electrons. The average molecular weight is 269 g/mol. The van der Waals surface area contributed by atoms with Crippen LogP contribution in [-0.4, -0.2) is 23.8 Å². The predicted molar refractivity (Wildman–Crippen MR) is 71.2 cm³/mol. The van der Waals surface area contributed by atoms with E-state index in [4.69, 9.17) is 0 Å². The highest BCUT2D eigenvalue weighted by atomic mass is 19.3. The van der Waals surface area contributed by atoms with Gasteiger partial charge in [0, 0.05) is 11.6 Å². The highest BCUT2D eigenvalue weighted by Crippen LogP contribution is 2.27. The van der Waals surface area contributed by atoms with Crippen molar-refractivity contribution >= 4 is 0 Å². The summed E-state index contributed by atoms with van der Waals surface area (Å²) in [5, 5.41) is 12.8. The average Bonchev–Trinajstić information content (AvgIpc) is 2.62. The first-order chi connectivity index (χ1) is 9.09. The predicted octanol–water partition coefficient (Wildman–Crippen LogP) is 3.06. The fourth-order valence-corrected chi connectivity index (χ4v) is 2.57. The zero-order valence-corrected chi connectivity index (χ0v) is 11.0. The van der Waals surface area contributed by atoms with Gasteiger partial charge in [-0.3, -0.25) is 0 Å². The van der Waals surface area contributed by atoms with Gasteiger partial charge < -0.3 is 10.4 Å². The van der Waals surface area contributed by atoms with Crippen LogP contribution in [0.15, 0.2) is 30.3 Å². The minimum atomic E-state index is -2.90. The molecule has 4 heteroatoms. The molecule has 0 amide bonds. The summed E-state index contributed by atoms with van der Waals surface area (Å²) in [6, 6.07) is 7.61. The van der Waals surface area contributed by atoms with E-state index < -0.39 is 18.6 Å². The Hall–Kier alpha value is -1.00. The first-order valence-electron chi connectivity index (χ1n) is 6.94. The van der Waals surface area contributed by atoms with Crippen LogP contribution in [-0.2, 0) is 5.92 Å². The summed E-state index contributed by atoms with van der Waals surface area (Å²) < 4.78 is 28.0. The number of rotatable bonds is 4. The largest absolute Gasteiger partial charge is 0.392 e. The highest BCUT2D eigenvalue weighted by Gasteiger charge is 2.33. The van der Waals surface area contributed by atoms with E-state index in [-0.39, 0.29) is 11.6 Å². The lowest BCUT2D eigenvalue weighted by Gasteiger charge is -2.25. The Morgan fingerprint density at radius 3 is 2.53 bits per heavy atom. The van der Waals surface area contributed by atoms with Gasteiger partial charge in [-0.25, -0.2) is 0 Å². The quantitative estimate of drug-likeness (QED) is 0.823. The zero-order valence-electron chi connectivity index (χ0n) is 11.0. The molecule has 0 saturated heterocycles. The molecule has 2 N–H and O–H groups in total. The highest BCUT2D eigenvalue weighted by molar-refractivity contribution is 5.20. The smallest absolute Gasteiger partial charge is 0.285 e. The summed E-state index contributed by atoms with van der Waals surface area (Å²) in [5.74, 6) is -2.90. The molecule has 2 unspecified atom stereocenters. The van der Waals surface area contributed by atoms with Crippen molar-refractivity contribution < 1.29 is 13.9 Å². The van der Waals surface area contributed by atoms with Crippen molar-refractivity contribution in [3.8, 4) is 0 Å². The SMILES string of the molecule is OC1CCCCCC1NCC(F)(F)c1ccccc1. The molecule has 2 rings (SSSR count). The van der Waals surface area contributed by atoms with Crippen molar-refractivity contribution in [2.75, 3.05) is 6.54 Å². The van der Waals surface area contributed by atoms with Crippen LogP contribution in [0, 0.1) is 0 Å². The number of hydrogen-bond donors (Lipinski definition) is 2. The van der Waals surface area contributed by atoms with Crippen molar-refractivity contribution in [1.82, 2.24) is 5.32 Å². The van der Waals surface area contributed by atoms with Gasteiger partial charge in [0.1, 0.15) is 0 Å². The van der Waals surface area contributed by atoms with Crippen molar-refractivity contribution in [2.45, 2.75) is 50.2 Å². The Labute approximate surface area is 112 Å². The van der Waals surface area contributed by atoms with Crippen molar-refractivity contribution in [3.05, 3.63) is 35.9 Å². The van der Waals surface area contributed by atoms with Crippen LogP contribution >= 0.6 is 0 Å². The zero-order chi connectivity index (χ0) is 13.7. The van der Waals surface area contributed by atoms with Gasteiger partial charge >= 0.3 is 0 Å². The Morgan fingerprint density at radius 1 is 1.11 bits per heavy atom. The second-order valence-electron chi connectivity index (χ2n) is 5.26. The van der Waals surface area contributed by atoms with Crippen LogP contribution in [0.5, 0.6) is 0 Å². The first kappa shape index (κ1) is 14.4. The summed E-state index contributed by atoms with van der Waals surface area (Å²) >= 11 is 0. The molecule has 19 heavy (non-hydrogen) atoms. The third kappa shape index (κ3) is 3.98. The van der Waals surface area contributed by atoms with Crippen molar-refractivity contribution in [2.24, 2.45) is 0 Å². The first-order valence-corrected chi connectivity index (χ1v) is 6.94. The fourth-order valence-electron chi connectivity index (χ4n) is 2.57. The Kier molecular flexibility index (Phi) is 4.88. The van der Waals surface area contributed by atoms with E-state index in [1.807, 2.05) is 0 Å². The summed E-state index contributed by atoms with van der Waals surface area (Å²) in [6.45, 7) is -0.418. The van der Waals surface area contributed by atoms with E-state index >= 15 is 0 Å². The van der Waals surface area contributed by atoms with Gasteiger partial charge in [0.15, 0.2) is 0 Å².